The largest absolute Gasteiger partial charge is 0.457 e. The monoisotopic (exact) mass is 1140 g/mol. The maximum atomic E-state index is 13.1. The van der Waals surface area contributed by atoms with Crippen LogP contribution >= 0.6 is 0 Å². The molecule has 0 aromatic heterocycles. The van der Waals surface area contributed by atoms with E-state index in [0.717, 1.165) is 128 Å². The van der Waals surface area contributed by atoms with Crippen LogP contribution in [0, 0.1) is 0 Å². The smallest absolute Gasteiger partial charge is 0.306 e. The highest BCUT2D eigenvalue weighted by Gasteiger charge is 2.47. The van der Waals surface area contributed by atoms with E-state index in [-0.39, 0.29) is 19.6 Å². The lowest BCUT2D eigenvalue weighted by atomic mass is 9.98. The first-order valence-corrected chi connectivity index (χ1v) is 30.8. The van der Waals surface area contributed by atoms with Crippen LogP contribution in [0.15, 0.2) is 134 Å². The molecule has 0 saturated carbocycles. The van der Waals surface area contributed by atoms with Crippen molar-refractivity contribution in [2.45, 2.75) is 248 Å². The lowest BCUT2D eigenvalue weighted by molar-refractivity contribution is -0.332. The number of hydrogen-bond acceptors (Lipinski definition) is 14. The van der Waals surface area contributed by atoms with Crippen molar-refractivity contribution in [2.24, 2.45) is 0 Å². The number of esters is 1. The number of carbonyl (C=O) groups is 1. The van der Waals surface area contributed by atoms with Crippen LogP contribution in [0.1, 0.15) is 181 Å². The summed E-state index contributed by atoms with van der Waals surface area (Å²) in [7, 11) is 0. The normalized spacial score (nSPS) is 24.7. The Morgan fingerprint density at radius 1 is 0.407 bits per heavy atom. The number of aliphatic hydroxyl groups excluding tert-OH is 7. The van der Waals surface area contributed by atoms with Crippen molar-refractivity contribution < 1.29 is 69.0 Å². The molecule has 2 aliphatic heterocycles. The fourth-order valence-electron chi connectivity index (χ4n) is 8.78. The Balaban J connectivity index is 1.72. The van der Waals surface area contributed by atoms with Crippen LogP contribution in [0.2, 0.25) is 0 Å². The van der Waals surface area contributed by atoms with E-state index in [2.05, 4.69) is 148 Å². The van der Waals surface area contributed by atoms with Gasteiger partial charge in [0.25, 0.3) is 0 Å². The third-order valence-electron chi connectivity index (χ3n) is 13.7. The molecule has 0 spiro atoms. The van der Waals surface area contributed by atoms with Gasteiger partial charge in [-0.15, -0.1) is 0 Å². The summed E-state index contributed by atoms with van der Waals surface area (Å²) in [5, 5.41) is 72.5. The molecule has 0 aliphatic carbocycles. The maximum Gasteiger partial charge on any atom is 0.306 e. The summed E-state index contributed by atoms with van der Waals surface area (Å²) in [4.78, 5) is 13.1. The molecule has 14 heteroatoms. The summed E-state index contributed by atoms with van der Waals surface area (Å²) in [6.07, 6.45) is 57.9. The fourth-order valence-corrected chi connectivity index (χ4v) is 8.78. The van der Waals surface area contributed by atoms with Crippen LogP contribution in [-0.2, 0) is 33.2 Å². The zero-order valence-electron chi connectivity index (χ0n) is 49.5. The molecule has 2 rings (SSSR count). The average molecular weight is 1140 g/mol. The van der Waals surface area contributed by atoms with Crippen LogP contribution < -0.4 is 0 Å². The van der Waals surface area contributed by atoms with Crippen LogP contribution in [0.4, 0.5) is 0 Å². The Morgan fingerprint density at radius 2 is 0.765 bits per heavy atom. The molecule has 2 saturated heterocycles. The lowest BCUT2D eigenvalue weighted by Crippen LogP contribution is -2.61. The van der Waals surface area contributed by atoms with Gasteiger partial charge >= 0.3 is 5.97 Å². The van der Waals surface area contributed by atoms with Gasteiger partial charge in [0.05, 0.1) is 26.4 Å². The first kappa shape index (κ1) is 73.2. The van der Waals surface area contributed by atoms with Crippen LogP contribution in [0.3, 0.4) is 0 Å². The molecule has 0 radical (unpaired) electrons. The molecule has 0 aromatic rings. The Bertz CT molecular complexity index is 1850. The number of rotatable bonds is 48. The Labute approximate surface area is 488 Å². The van der Waals surface area contributed by atoms with Crippen molar-refractivity contribution in [1.82, 2.24) is 0 Å². The average Bonchev–Trinajstić information content (AvgIpc) is 3.60. The molecule has 460 valence electrons. The van der Waals surface area contributed by atoms with Gasteiger partial charge in [0.1, 0.15) is 54.9 Å². The lowest BCUT2D eigenvalue weighted by Gasteiger charge is -2.42. The highest BCUT2D eigenvalue weighted by Crippen LogP contribution is 2.26. The van der Waals surface area contributed by atoms with Gasteiger partial charge in [-0.1, -0.05) is 199 Å². The van der Waals surface area contributed by atoms with Gasteiger partial charge in [-0.2, -0.15) is 0 Å². The minimum atomic E-state index is -1.72. The van der Waals surface area contributed by atoms with E-state index in [1.807, 2.05) is 0 Å². The molecule has 14 nitrogen and oxygen atoms in total. The highest BCUT2D eigenvalue weighted by molar-refractivity contribution is 5.69. The minimum absolute atomic E-state index is 0.0308. The third kappa shape index (κ3) is 37.9. The quantitative estimate of drug-likeness (QED) is 0.0172. The zero-order valence-corrected chi connectivity index (χ0v) is 49.5. The van der Waals surface area contributed by atoms with E-state index in [0.29, 0.717) is 13.0 Å². The summed E-state index contributed by atoms with van der Waals surface area (Å²) in [5.41, 5.74) is 0. The molecule has 81 heavy (non-hydrogen) atoms. The standard InChI is InChI=1S/C67H108O14/c1-3-5-7-9-11-13-15-17-19-21-23-25-26-27-28-29-31-33-35-37-39-41-43-45-47-49-51-76-53-56(54-77-66-65(75)63(73)61(71)58(81-66)55-78-67-64(74)62(72)60(70)57(52-68)80-67)79-59(69)50-48-46-44-42-40-38-36-34-32-30-24-22-20-18-16-14-12-10-8-6-4-2/h5-8,11-14,17-20,23-25,27-28,30-31,33,37,39,56-58,60-68,70-75H,3-4,9-10,15-16,21-22,26,29,32,34-36,38,40-55H2,1-2H3/b7-5-,8-6-,13-11-,14-12-,19-17-,20-18-,25-23-,28-27-,30-24-,33-31-,39-37-. The first-order chi connectivity index (χ1) is 39.6. The SMILES string of the molecule is CC/C=C\C/C=C\C/C=C\C/C=C\C/C=C\C/C=C\C/C=C\CCCCCCOCC(COC1OC(COC2OC(CO)C(O)C(O)C2O)C(O)C(O)C1O)OC(=O)CCCCCCCCCC/C=C\C/C=C\C/C=C\C/C=C\CC. The number of unbranched alkanes of at least 4 members (excludes halogenated alkanes) is 12. The Morgan fingerprint density at radius 3 is 1.20 bits per heavy atom. The van der Waals surface area contributed by atoms with Gasteiger partial charge in [0, 0.05) is 13.0 Å². The molecule has 11 unspecified atom stereocenters. The number of aliphatic hydroxyl groups is 7. The molecule has 2 fully saturated rings. The van der Waals surface area contributed by atoms with Gasteiger partial charge in [0.15, 0.2) is 12.6 Å². The zero-order chi connectivity index (χ0) is 58.6. The fraction of sp³-hybridized carbons (Fsp3) is 0.657. The molecule has 0 bridgehead atoms. The predicted molar refractivity (Wildman–Crippen MR) is 325 cm³/mol. The van der Waals surface area contributed by atoms with Gasteiger partial charge < -0.3 is 64.2 Å². The number of hydrogen-bond donors (Lipinski definition) is 7. The van der Waals surface area contributed by atoms with Crippen molar-refractivity contribution in [3.05, 3.63) is 134 Å². The second kappa shape index (κ2) is 51.7. The van der Waals surface area contributed by atoms with Crippen molar-refractivity contribution in [3.8, 4) is 0 Å². The van der Waals surface area contributed by atoms with Crippen LogP contribution in [0.25, 0.3) is 0 Å². The molecule has 11 atom stereocenters. The second-order valence-electron chi connectivity index (χ2n) is 20.8. The molecule has 7 N–H and O–H groups in total. The molecular formula is C67H108O14. The summed E-state index contributed by atoms with van der Waals surface area (Å²) >= 11 is 0. The number of carbonyl (C=O) groups excluding carboxylic acids is 1. The summed E-state index contributed by atoms with van der Waals surface area (Å²) in [5.74, 6) is -0.400. The van der Waals surface area contributed by atoms with Gasteiger partial charge in [-0.3, -0.25) is 4.79 Å². The maximum absolute atomic E-state index is 13.1. The Kier molecular flexibility index (Phi) is 46.8. The minimum Gasteiger partial charge on any atom is -0.457 e. The summed E-state index contributed by atoms with van der Waals surface area (Å²) in [6, 6.07) is 0. The molecule has 2 heterocycles. The van der Waals surface area contributed by atoms with Crippen molar-refractivity contribution in [3.63, 3.8) is 0 Å². The molecule has 2 aliphatic rings. The van der Waals surface area contributed by atoms with Gasteiger partial charge in [0.2, 0.25) is 0 Å². The second-order valence-corrected chi connectivity index (χ2v) is 20.8. The van der Waals surface area contributed by atoms with E-state index in [4.69, 9.17) is 28.4 Å². The highest BCUT2D eigenvalue weighted by atomic mass is 16.7. The Hall–Kier alpha value is -3.87. The van der Waals surface area contributed by atoms with Crippen molar-refractivity contribution in [1.29, 1.82) is 0 Å². The van der Waals surface area contributed by atoms with Crippen LogP contribution in [0.5, 0.6) is 0 Å². The van der Waals surface area contributed by atoms with E-state index in [9.17, 15) is 40.5 Å². The van der Waals surface area contributed by atoms with Gasteiger partial charge in [-0.25, -0.2) is 0 Å². The van der Waals surface area contributed by atoms with Gasteiger partial charge in [-0.05, 0) is 109 Å². The van der Waals surface area contributed by atoms with E-state index < -0.39 is 86.7 Å². The molecular weight excluding hydrogens is 1030 g/mol. The summed E-state index contributed by atoms with van der Waals surface area (Å²) < 4.78 is 34.4. The first-order valence-electron chi connectivity index (χ1n) is 30.8. The number of allylic oxidation sites excluding steroid dienone is 22. The van der Waals surface area contributed by atoms with Crippen molar-refractivity contribution >= 4 is 5.97 Å². The van der Waals surface area contributed by atoms with Crippen molar-refractivity contribution in [2.75, 3.05) is 33.0 Å². The summed E-state index contributed by atoms with van der Waals surface area (Å²) in [6.45, 7) is 3.36. The van der Waals surface area contributed by atoms with E-state index in [1.54, 1.807) is 0 Å². The molecule has 0 aromatic carbocycles. The van der Waals surface area contributed by atoms with Crippen LogP contribution in [-0.4, -0.2) is 142 Å². The predicted octanol–water partition coefficient (Wildman–Crippen LogP) is 11.9. The third-order valence-corrected chi connectivity index (χ3v) is 13.7. The molecule has 0 amide bonds. The topological polar surface area (TPSA) is 214 Å². The van der Waals surface area contributed by atoms with E-state index in [1.165, 1.54) is 25.7 Å². The number of ether oxygens (including phenoxy) is 6. The van der Waals surface area contributed by atoms with E-state index >= 15 is 0 Å².